The molecule has 1 aromatic heterocycles. The molecule has 1 aliphatic rings. The summed E-state index contributed by atoms with van der Waals surface area (Å²) < 4.78 is 4.86. The van der Waals surface area contributed by atoms with Crippen LogP contribution >= 0.6 is 0 Å². The van der Waals surface area contributed by atoms with Crippen molar-refractivity contribution < 1.29 is 28.7 Å². The van der Waals surface area contributed by atoms with Gasteiger partial charge in [0.15, 0.2) is 6.04 Å². The highest BCUT2D eigenvalue weighted by Crippen LogP contribution is 2.25. The fourth-order valence-corrected chi connectivity index (χ4v) is 2.77. The van der Waals surface area contributed by atoms with Crippen LogP contribution in [0.5, 0.6) is 11.5 Å². The number of hydrogen-bond donors (Lipinski definition) is 3. The molecule has 1 fully saturated rings. The Labute approximate surface area is 148 Å². The highest BCUT2D eigenvalue weighted by molar-refractivity contribution is 5.89. The summed E-state index contributed by atoms with van der Waals surface area (Å²) >= 11 is 0. The van der Waals surface area contributed by atoms with Crippen molar-refractivity contribution in [1.29, 1.82) is 0 Å². The van der Waals surface area contributed by atoms with Crippen LogP contribution < -0.4 is 15.8 Å². The van der Waals surface area contributed by atoms with Crippen LogP contribution in [-0.4, -0.2) is 45.2 Å². The van der Waals surface area contributed by atoms with Gasteiger partial charge in [0.1, 0.15) is 24.6 Å². The van der Waals surface area contributed by atoms with Crippen LogP contribution in [0.1, 0.15) is 5.56 Å². The van der Waals surface area contributed by atoms with Crippen molar-refractivity contribution in [2.75, 3.05) is 6.54 Å². The number of aliphatic carboxylic acids is 1. The summed E-state index contributed by atoms with van der Waals surface area (Å²) in [6, 6.07) is 7.42. The minimum absolute atomic E-state index is 0.0412. The molecule has 0 aliphatic carbocycles. The monoisotopic (exact) mass is 357 g/mol. The SMILES string of the molecule is NC(=O)[N+]1(Cc2ccc(Oc3ccncc3)cc2)C[C@H](C(=O)O)NC1=O. The van der Waals surface area contributed by atoms with Crippen molar-refractivity contribution in [1.82, 2.24) is 10.3 Å². The number of hydrogen-bond acceptors (Lipinski definition) is 5. The Balaban J connectivity index is 1.77. The second kappa shape index (κ2) is 6.81. The van der Waals surface area contributed by atoms with Gasteiger partial charge in [-0.05, 0) is 36.4 Å². The van der Waals surface area contributed by atoms with E-state index < -0.39 is 28.6 Å². The van der Waals surface area contributed by atoms with E-state index in [1.54, 1.807) is 48.8 Å². The third kappa shape index (κ3) is 3.33. The summed E-state index contributed by atoms with van der Waals surface area (Å²) in [7, 11) is 0. The van der Waals surface area contributed by atoms with E-state index in [-0.39, 0.29) is 13.1 Å². The average molecular weight is 357 g/mol. The maximum Gasteiger partial charge on any atom is 0.426 e. The zero-order valence-corrected chi connectivity index (χ0v) is 13.7. The second-order valence-corrected chi connectivity index (χ2v) is 5.92. The van der Waals surface area contributed by atoms with Gasteiger partial charge in [-0.15, -0.1) is 0 Å². The van der Waals surface area contributed by atoms with Crippen molar-refractivity contribution in [2.24, 2.45) is 5.73 Å². The van der Waals surface area contributed by atoms with Crippen molar-refractivity contribution in [2.45, 2.75) is 12.6 Å². The molecule has 1 aliphatic heterocycles. The fourth-order valence-electron chi connectivity index (χ4n) is 2.77. The number of ether oxygens (including phenoxy) is 1. The lowest BCUT2D eigenvalue weighted by atomic mass is 10.1. The zero-order valence-electron chi connectivity index (χ0n) is 13.7. The Hall–Kier alpha value is -3.46. The van der Waals surface area contributed by atoms with Crippen LogP contribution in [0.3, 0.4) is 0 Å². The number of amides is 4. The van der Waals surface area contributed by atoms with Crippen LogP contribution in [0.15, 0.2) is 48.8 Å². The molecule has 4 N–H and O–H groups in total. The van der Waals surface area contributed by atoms with Crippen LogP contribution in [0.2, 0.25) is 0 Å². The molecule has 9 nitrogen and oxygen atoms in total. The van der Waals surface area contributed by atoms with Crippen LogP contribution in [-0.2, 0) is 11.3 Å². The zero-order chi connectivity index (χ0) is 18.7. The Kier molecular flexibility index (Phi) is 4.55. The molecule has 134 valence electrons. The van der Waals surface area contributed by atoms with Gasteiger partial charge in [-0.1, -0.05) is 0 Å². The summed E-state index contributed by atoms with van der Waals surface area (Å²) in [6.45, 7) is -0.279. The lowest BCUT2D eigenvalue weighted by Gasteiger charge is -2.24. The molecule has 0 spiro atoms. The second-order valence-electron chi connectivity index (χ2n) is 5.92. The van der Waals surface area contributed by atoms with Crippen molar-refractivity contribution in [3.63, 3.8) is 0 Å². The number of benzene rings is 1. The smallest absolute Gasteiger partial charge is 0.426 e. The Morgan fingerprint density at radius 2 is 1.81 bits per heavy atom. The van der Waals surface area contributed by atoms with Crippen molar-refractivity contribution in [3.8, 4) is 11.5 Å². The molecule has 1 saturated heterocycles. The number of nitrogens with zero attached hydrogens (tertiary/aromatic N) is 2. The number of rotatable bonds is 5. The molecule has 1 aromatic carbocycles. The summed E-state index contributed by atoms with van der Waals surface area (Å²) in [5.41, 5.74) is 6.06. The fraction of sp³-hybridized carbons (Fsp3) is 0.176. The third-order valence-electron chi connectivity index (χ3n) is 4.16. The molecule has 9 heteroatoms. The highest BCUT2D eigenvalue weighted by Gasteiger charge is 2.54. The molecular weight excluding hydrogens is 340 g/mol. The lowest BCUT2D eigenvalue weighted by Crippen LogP contribution is -2.57. The van der Waals surface area contributed by atoms with Gasteiger partial charge in [-0.2, -0.15) is 4.48 Å². The summed E-state index contributed by atoms with van der Waals surface area (Å²) in [4.78, 5) is 39.2. The van der Waals surface area contributed by atoms with E-state index in [9.17, 15) is 14.4 Å². The Morgan fingerprint density at radius 1 is 1.19 bits per heavy atom. The first-order chi connectivity index (χ1) is 12.4. The number of carbonyl (C=O) groups excluding carboxylic acids is 2. The van der Waals surface area contributed by atoms with E-state index in [4.69, 9.17) is 15.6 Å². The minimum atomic E-state index is -1.21. The molecule has 26 heavy (non-hydrogen) atoms. The summed E-state index contributed by atoms with van der Waals surface area (Å²) in [5.74, 6) is -0.0165. The number of quaternary nitrogens is 1. The Bertz CT molecular complexity index is 840. The molecule has 1 unspecified atom stereocenters. The van der Waals surface area contributed by atoms with Crippen molar-refractivity contribution >= 4 is 18.0 Å². The number of carboxylic acid groups (broad SMARTS) is 1. The first-order valence-electron chi connectivity index (χ1n) is 7.78. The number of urea groups is 2. The first-order valence-corrected chi connectivity index (χ1v) is 7.78. The predicted octanol–water partition coefficient (Wildman–Crippen LogP) is 1.45. The van der Waals surface area contributed by atoms with Gasteiger partial charge in [0.05, 0.1) is 0 Å². The number of carboxylic acids is 1. The highest BCUT2D eigenvalue weighted by atomic mass is 16.5. The van der Waals surface area contributed by atoms with E-state index in [1.807, 2.05) is 0 Å². The predicted molar refractivity (Wildman–Crippen MR) is 89.1 cm³/mol. The largest absolute Gasteiger partial charge is 0.480 e. The van der Waals surface area contributed by atoms with Crippen LogP contribution in [0.4, 0.5) is 9.59 Å². The topological polar surface area (TPSA) is 132 Å². The first kappa shape index (κ1) is 17.4. The number of imide groups is 1. The van der Waals surface area contributed by atoms with Gasteiger partial charge in [0.25, 0.3) is 0 Å². The van der Waals surface area contributed by atoms with E-state index >= 15 is 0 Å². The molecular formula is C17H17N4O5+. The quantitative estimate of drug-likeness (QED) is 0.694. The maximum atomic E-state index is 12.2. The molecule has 2 atom stereocenters. The number of aromatic nitrogens is 1. The number of nitrogens with two attached hydrogens (primary N) is 1. The Morgan fingerprint density at radius 3 is 2.35 bits per heavy atom. The van der Waals surface area contributed by atoms with Gasteiger partial charge in [-0.3, -0.25) is 10.3 Å². The standard InChI is InChI=1S/C17H16N4O5/c18-16(24)21(10-14(15(22)23)20-17(21)25)9-11-1-3-12(4-2-11)26-13-5-7-19-8-6-13/h1-8,14H,9-10H2,(H3-,18,20,22,23,24,25)/p+1/t14-,21?/m1/s1. The number of primary amides is 1. The molecule has 0 saturated carbocycles. The van der Waals surface area contributed by atoms with Crippen molar-refractivity contribution in [3.05, 3.63) is 54.4 Å². The maximum absolute atomic E-state index is 12.2. The van der Waals surface area contributed by atoms with E-state index in [1.165, 1.54) is 0 Å². The van der Waals surface area contributed by atoms with Gasteiger partial charge in [0, 0.05) is 18.0 Å². The third-order valence-corrected chi connectivity index (χ3v) is 4.16. The summed E-state index contributed by atoms with van der Waals surface area (Å²) in [5, 5.41) is 11.4. The normalized spacial score (nSPS) is 21.8. The van der Waals surface area contributed by atoms with Gasteiger partial charge < -0.3 is 15.6 Å². The van der Waals surface area contributed by atoms with E-state index in [0.29, 0.717) is 17.1 Å². The van der Waals surface area contributed by atoms with E-state index in [2.05, 4.69) is 10.3 Å². The van der Waals surface area contributed by atoms with Gasteiger partial charge in [-0.25, -0.2) is 14.4 Å². The molecule has 4 amide bonds. The summed E-state index contributed by atoms with van der Waals surface area (Å²) in [6.07, 6.45) is 3.21. The molecule has 3 rings (SSSR count). The average Bonchev–Trinajstić information content (AvgIpc) is 2.96. The van der Waals surface area contributed by atoms with Crippen LogP contribution in [0.25, 0.3) is 0 Å². The number of carbonyl (C=O) groups is 3. The molecule has 0 radical (unpaired) electrons. The van der Waals surface area contributed by atoms with Gasteiger partial charge in [0.2, 0.25) is 0 Å². The molecule has 2 aromatic rings. The number of pyridine rings is 1. The molecule has 2 heterocycles. The minimum Gasteiger partial charge on any atom is -0.480 e. The lowest BCUT2D eigenvalue weighted by molar-refractivity contribution is -0.771. The number of nitrogens with one attached hydrogen (secondary N) is 1. The van der Waals surface area contributed by atoms with Gasteiger partial charge >= 0.3 is 18.0 Å². The van der Waals surface area contributed by atoms with Crippen LogP contribution in [0, 0.1) is 0 Å². The molecule has 0 bridgehead atoms. The van der Waals surface area contributed by atoms with E-state index in [0.717, 1.165) is 0 Å².